The Kier molecular flexibility index (Phi) is 11.3. The number of hydrazone groups is 1. The summed E-state index contributed by atoms with van der Waals surface area (Å²) in [6.07, 6.45) is 1.49. The molecule has 12 nitrogen and oxygen atoms in total. The van der Waals surface area contributed by atoms with E-state index >= 15 is 0 Å². The van der Waals surface area contributed by atoms with E-state index in [1.54, 1.807) is 44.2 Å². The van der Waals surface area contributed by atoms with Gasteiger partial charge >= 0.3 is 12.0 Å². The zero-order valence-corrected chi connectivity index (χ0v) is 27.7. The largest absolute Gasteiger partial charge is 0.493 e. The van der Waals surface area contributed by atoms with Gasteiger partial charge in [0.2, 0.25) is 0 Å². The normalized spacial score (nSPS) is 14.2. The highest BCUT2D eigenvalue weighted by Gasteiger charge is 2.32. The van der Waals surface area contributed by atoms with Gasteiger partial charge in [0.05, 0.1) is 38.2 Å². The molecule has 1 heterocycles. The number of allylic oxidation sites excluding steroid dienone is 1. The van der Waals surface area contributed by atoms with Crippen molar-refractivity contribution in [1.82, 2.24) is 16.1 Å². The van der Waals surface area contributed by atoms with Crippen molar-refractivity contribution in [3.63, 3.8) is 0 Å². The van der Waals surface area contributed by atoms with Crippen molar-refractivity contribution in [1.29, 1.82) is 0 Å². The van der Waals surface area contributed by atoms with Gasteiger partial charge in [-0.15, -0.1) is 0 Å². The van der Waals surface area contributed by atoms with Crippen LogP contribution in [-0.4, -0.2) is 51.1 Å². The fraction of sp³-hybridized carbons (Fsp3) is 0.243. The maximum Gasteiger partial charge on any atom is 0.338 e. The van der Waals surface area contributed by atoms with Crippen LogP contribution in [0.4, 0.5) is 4.79 Å². The van der Waals surface area contributed by atoms with Crippen LogP contribution in [0.15, 0.2) is 95.2 Å². The van der Waals surface area contributed by atoms with Crippen molar-refractivity contribution in [2.45, 2.75) is 33.4 Å². The lowest BCUT2D eigenvalue weighted by Crippen LogP contribution is -2.45. The summed E-state index contributed by atoms with van der Waals surface area (Å²) < 4.78 is 28.3. The van der Waals surface area contributed by atoms with Crippen molar-refractivity contribution < 1.29 is 38.1 Å². The second-order valence-corrected chi connectivity index (χ2v) is 10.8. The van der Waals surface area contributed by atoms with Gasteiger partial charge in [-0.25, -0.2) is 15.0 Å². The Labute approximate surface area is 284 Å². The number of nitrogens with zero attached hydrogens (tertiary/aromatic N) is 1. The van der Waals surface area contributed by atoms with Crippen LogP contribution in [0.25, 0.3) is 10.8 Å². The predicted octanol–water partition coefficient (Wildman–Crippen LogP) is 5.55. The molecule has 0 spiro atoms. The molecule has 1 atom stereocenters. The zero-order chi connectivity index (χ0) is 34.8. The summed E-state index contributed by atoms with van der Waals surface area (Å²) in [6.45, 7) is 5.87. The minimum atomic E-state index is -0.776. The molecule has 0 bridgehead atoms. The highest BCUT2D eigenvalue weighted by molar-refractivity contribution is 5.95. The third-order valence-electron chi connectivity index (χ3n) is 7.58. The van der Waals surface area contributed by atoms with Gasteiger partial charge < -0.3 is 34.3 Å². The van der Waals surface area contributed by atoms with E-state index in [1.165, 1.54) is 13.3 Å². The molecule has 0 aromatic heterocycles. The first kappa shape index (κ1) is 34.3. The molecular weight excluding hydrogens is 628 g/mol. The molecular formula is C37H38N4O8. The van der Waals surface area contributed by atoms with E-state index in [4.69, 9.17) is 23.7 Å². The van der Waals surface area contributed by atoms with E-state index in [0.29, 0.717) is 47.3 Å². The number of carbonyl (C=O) groups is 3. The third kappa shape index (κ3) is 8.47. The minimum absolute atomic E-state index is 0.182. The Bertz CT molecular complexity index is 1900. The summed E-state index contributed by atoms with van der Waals surface area (Å²) in [5.74, 6) is 0.676. The first-order chi connectivity index (χ1) is 23.8. The molecule has 0 aliphatic carbocycles. The van der Waals surface area contributed by atoms with Gasteiger partial charge in [0, 0.05) is 5.70 Å². The first-order valence-corrected chi connectivity index (χ1v) is 15.8. The molecule has 0 saturated heterocycles. The quantitative estimate of drug-likeness (QED) is 0.0903. The number of urea groups is 1. The molecule has 0 fully saturated rings. The van der Waals surface area contributed by atoms with Crippen molar-refractivity contribution >= 4 is 34.9 Å². The fourth-order valence-electron chi connectivity index (χ4n) is 5.33. The number of fused-ring (bicyclic) bond motifs is 1. The average Bonchev–Trinajstić information content (AvgIpc) is 3.10. The van der Waals surface area contributed by atoms with Crippen LogP contribution < -0.4 is 35.0 Å². The van der Waals surface area contributed by atoms with E-state index in [2.05, 4.69) is 39.4 Å². The Morgan fingerprint density at radius 3 is 2.45 bits per heavy atom. The number of rotatable bonds is 14. The Morgan fingerprint density at radius 1 is 0.878 bits per heavy atom. The smallest absolute Gasteiger partial charge is 0.338 e. The number of methoxy groups -OCH3 is 1. The van der Waals surface area contributed by atoms with Gasteiger partial charge in [-0.05, 0) is 78.6 Å². The minimum Gasteiger partial charge on any atom is -0.493 e. The number of benzene rings is 4. The second-order valence-electron chi connectivity index (χ2n) is 10.8. The molecule has 1 aliphatic rings. The van der Waals surface area contributed by atoms with Crippen LogP contribution in [0, 0.1) is 0 Å². The first-order valence-electron chi connectivity index (χ1n) is 15.8. The number of esters is 1. The summed E-state index contributed by atoms with van der Waals surface area (Å²) >= 11 is 0. The van der Waals surface area contributed by atoms with Crippen LogP contribution in [0.2, 0.25) is 0 Å². The Balaban J connectivity index is 1.19. The molecule has 5 rings (SSSR count). The van der Waals surface area contributed by atoms with Gasteiger partial charge in [0.1, 0.15) is 6.61 Å². The van der Waals surface area contributed by atoms with Gasteiger partial charge in [-0.3, -0.25) is 4.79 Å². The molecule has 3 amide bonds. The average molecular weight is 667 g/mol. The lowest BCUT2D eigenvalue weighted by molar-refractivity contribution is -0.139. The molecule has 4 aromatic carbocycles. The van der Waals surface area contributed by atoms with Gasteiger partial charge in [0.15, 0.2) is 29.6 Å². The van der Waals surface area contributed by atoms with E-state index < -0.39 is 23.9 Å². The topological polar surface area (TPSA) is 146 Å². The zero-order valence-electron chi connectivity index (χ0n) is 27.7. The van der Waals surface area contributed by atoms with E-state index in [-0.39, 0.29) is 24.5 Å². The molecule has 0 radical (unpaired) electrons. The standard InChI is InChI=1S/C37H38N4O8/c1-5-46-32-18-24(14-16-30(32)48-21-27-12-9-11-25-10-7-8-13-28(25)27)20-38-41-33(42)22-49-29-17-15-26(19-31(29)45-4)35-34(36(43)47-6-2)23(3)39-37(44)40-35/h7-20,35H,5-6,21-22H2,1-4H3,(H,41,42)(H2,39,40,44)/b38-20-/t35-/m0/s1. The van der Waals surface area contributed by atoms with Crippen LogP contribution >= 0.6 is 0 Å². The number of hydrogen-bond donors (Lipinski definition) is 3. The monoisotopic (exact) mass is 666 g/mol. The third-order valence-corrected chi connectivity index (χ3v) is 7.58. The summed E-state index contributed by atoms with van der Waals surface area (Å²) in [6, 6.07) is 23.3. The predicted molar refractivity (Wildman–Crippen MR) is 184 cm³/mol. The number of amides is 3. The van der Waals surface area contributed by atoms with Crippen molar-refractivity contribution in [2.24, 2.45) is 5.10 Å². The summed E-state index contributed by atoms with van der Waals surface area (Å²) in [7, 11) is 1.45. The van der Waals surface area contributed by atoms with Crippen molar-refractivity contribution in [3.05, 3.63) is 107 Å². The van der Waals surface area contributed by atoms with Gasteiger partial charge in [-0.1, -0.05) is 48.5 Å². The van der Waals surface area contributed by atoms with Crippen molar-refractivity contribution in [3.8, 4) is 23.0 Å². The number of nitrogens with one attached hydrogen (secondary N) is 3. The molecule has 0 unspecified atom stereocenters. The molecule has 49 heavy (non-hydrogen) atoms. The van der Waals surface area contributed by atoms with Gasteiger partial charge in [-0.2, -0.15) is 5.10 Å². The fourth-order valence-corrected chi connectivity index (χ4v) is 5.33. The van der Waals surface area contributed by atoms with E-state index in [0.717, 1.165) is 16.3 Å². The molecule has 1 aliphatic heterocycles. The maximum atomic E-state index is 12.7. The number of carbonyl (C=O) groups excluding carboxylic acids is 3. The second kappa shape index (κ2) is 16.2. The number of ether oxygens (including phenoxy) is 5. The maximum absolute atomic E-state index is 12.7. The van der Waals surface area contributed by atoms with E-state index in [9.17, 15) is 14.4 Å². The lowest BCUT2D eigenvalue weighted by Gasteiger charge is -2.28. The summed E-state index contributed by atoms with van der Waals surface area (Å²) in [5, 5.41) is 11.7. The SMILES string of the molecule is CCOC(=O)C1=C(C)NC(=O)N[C@H]1c1ccc(OCC(=O)N/N=C\c2ccc(OCc3cccc4ccccc34)c(OCC)c2)c(OC)c1. The Hall–Kier alpha value is -6.04. The van der Waals surface area contributed by atoms with Crippen LogP contribution in [0.3, 0.4) is 0 Å². The summed E-state index contributed by atoms with van der Waals surface area (Å²) in [5.41, 5.74) is 5.43. The molecule has 0 saturated carbocycles. The van der Waals surface area contributed by atoms with Crippen LogP contribution in [0.1, 0.15) is 43.5 Å². The molecule has 254 valence electrons. The highest BCUT2D eigenvalue weighted by atomic mass is 16.5. The lowest BCUT2D eigenvalue weighted by atomic mass is 9.95. The highest BCUT2D eigenvalue weighted by Crippen LogP contribution is 2.35. The summed E-state index contributed by atoms with van der Waals surface area (Å²) in [4.78, 5) is 37.4. The number of hydrogen-bond acceptors (Lipinski definition) is 9. The Morgan fingerprint density at radius 2 is 1.65 bits per heavy atom. The van der Waals surface area contributed by atoms with Crippen LogP contribution in [-0.2, 0) is 20.9 Å². The van der Waals surface area contributed by atoms with Crippen molar-refractivity contribution in [2.75, 3.05) is 26.9 Å². The molecule has 3 N–H and O–H groups in total. The van der Waals surface area contributed by atoms with Gasteiger partial charge in [0.25, 0.3) is 5.91 Å². The molecule has 12 heteroatoms. The van der Waals surface area contributed by atoms with Crippen LogP contribution in [0.5, 0.6) is 23.0 Å². The molecule has 4 aromatic rings. The van der Waals surface area contributed by atoms with E-state index in [1.807, 2.05) is 37.3 Å².